The summed E-state index contributed by atoms with van der Waals surface area (Å²) in [6, 6.07) is 10.8. The predicted molar refractivity (Wildman–Crippen MR) is 106 cm³/mol. The van der Waals surface area contributed by atoms with Crippen molar-refractivity contribution in [3.05, 3.63) is 30.3 Å². The lowest BCUT2D eigenvalue weighted by Gasteiger charge is -2.32. The second kappa shape index (κ2) is 8.95. The first kappa shape index (κ1) is 18.6. The number of benzene rings is 1. The van der Waals surface area contributed by atoms with Crippen LogP contribution in [0.25, 0.3) is 0 Å². The van der Waals surface area contributed by atoms with Gasteiger partial charge in [0.05, 0.1) is 6.61 Å². The van der Waals surface area contributed by atoms with Crippen LogP contribution in [0.4, 0.5) is 0 Å². The molecule has 1 aliphatic carbocycles. The summed E-state index contributed by atoms with van der Waals surface area (Å²) in [6.07, 6.45) is 6.37. The Morgan fingerprint density at radius 1 is 1.32 bits per heavy atom. The molecule has 1 atom stereocenters. The predicted octanol–water partition coefficient (Wildman–Crippen LogP) is 3.64. The Balaban J connectivity index is 1.57. The van der Waals surface area contributed by atoms with Gasteiger partial charge in [0.25, 0.3) is 0 Å². The molecule has 0 amide bonds. The van der Waals surface area contributed by atoms with Crippen LogP contribution >= 0.6 is 11.8 Å². The topological polar surface area (TPSA) is 36.9 Å². The molecule has 1 aromatic carbocycles. The Kier molecular flexibility index (Phi) is 6.65. The molecule has 2 fully saturated rings. The van der Waals surface area contributed by atoms with Gasteiger partial charge in [-0.2, -0.15) is 0 Å². The van der Waals surface area contributed by atoms with Crippen LogP contribution in [0.2, 0.25) is 0 Å². The third kappa shape index (κ3) is 5.14. The molecule has 1 N–H and O–H groups in total. The monoisotopic (exact) mass is 361 g/mol. The van der Waals surface area contributed by atoms with Crippen LogP contribution < -0.4 is 5.32 Å². The molecule has 1 aliphatic heterocycles. The standard InChI is InChI=1S/C20H31N3OS/c1-21-19(23(2)14-17-10-13-24-15-17)22-16-20(11-6-7-12-20)25-18-8-4-3-5-9-18/h3-5,8-9,17H,6-7,10-16H2,1-2H3,(H,21,22). The summed E-state index contributed by atoms with van der Waals surface area (Å²) in [6.45, 7) is 3.78. The van der Waals surface area contributed by atoms with Crippen LogP contribution in [0.1, 0.15) is 32.1 Å². The van der Waals surface area contributed by atoms with Crippen LogP contribution in [0.15, 0.2) is 40.2 Å². The van der Waals surface area contributed by atoms with Crippen molar-refractivity contribution in [3.63, 3.8) is 0 Å². The summed E-state index contributed by atoms with van der Waals surface area (Å²) in [7, 11) is 4.02. The molecule has 0 aromatic heterocycles. The van der Waals surface area contributed by atoms with Gasteiger partial charge in [-0.25, -0.2) is 0 Å². The van der Waals surface area contributed by atoms with Gasteiger partial charge in [0.1, 0.15) is 0 Å². The Labute approximate surface area is 156 Å². The fraction of sp³-hybridized carbons (Fsp3) is 0.650. The number of nitrogens with zero attached hydrogens (tertiary/aromatic N) is 2. The van der Waals surface area contributed by atoms with Crippen LogP contribution in [0.3, 0.4) is 0 Å². The quantitative estimate of drug-likeness (QED) is 0.620. The zero-order valence-corrected chi connectivity index (χ0v) is 16.4. The highest BCUT2D eigenvalue weighted by Crippen LogP contribution is 2.44. The Bertz CT molecular complexity index is 551. The van der Waals surface area contributed by atoms with Gasteiger partial charge in [0, 0.05) is 49.4 Å². The maximum absolute atomic E-state index is 5.50. The summed E-state index contributed by atoms with van der Waals surface area (Å²) in [4.78, 5) is 8.14. The van der Waals surface area contributed by atoms with Crippen molar-refractivity contribution in [2.24, 2.45) is 10.9 Å². The summed E-state index contributed by atoms with van der Waals surface area (Å²) in [5.41, 5.74) is 0. The molecule has 3 rings (SSSR count). The molecular weight excluding hydrogens is 330 g/mol. The van der Waals surface area contributed by atoms with Gasteiger partial charge in [-0.15, -0.1) is 11.8 Å². The maximum atomic E-state index is 5.50. The lowest BCUT2D eigenvalue weighted by molar-refractivity contribution is 0.181. The lowest BCUT2D eigenvalue weighted by atomic mass is 10.1. The number of thioether (sulfide) groups is 1. The van der Waals surface area contributed by atoms with E-state index in [1.165, 1.54) is 30.6 Å². The van der Waals surface area contributed by atoms with Gasteiger partial charge in [-0.1, -0.05) is 31.0 Å². The fourth-order valence-corrected chi connectivity index (χ4v) is 5.33. The Morgan fingerprint density at radius 2 is 2.08 bits per heavy atom. The zero-order valence-electron chi connectivity index (χ0n) is 15.5. The van der Waals surface area contributed by atoms with Gasteiger partial charge in [-0.05, 0) is 31.4 Å². The summed E-state index contributed by atoms with van der Waals surface area (Å²) in [5, 5.41) is 3.66. The second-order valence-electron chi connectivity index (χ2n) is 7.32. The highest BCUT2D eigenvalue weighted by atomic mass is 32.2. The van der Waals surface area contributed by atoms with E-state index in [2.05, 4.69) is 52.6 Å². The van der Waals surface area contributed by atoms with E-state index in [0.717, 1.165) is 38.7 Å². The minimum Gasteiger partial charge on any atom is -0.381 e. The molecule has 0 spiro atoms. The van der Waals surface area contributed by atoms with Crippen LogP contribution in [0, 0.1) is 5.92 Å². The number of guanidine groups is 1. The van der Waals surface area contributed by atoms with E-state index in [1.54, 1.807) is 0 Å². The van der Waals surface area contributed by atoms with Gasteiger partial charge in [-0.3, -0.25) is 4.99 Å². The van der Waals surface area contributed by atoms with E-state index < -0.39 is 0 Å². The molecule has 4 nitrogen and oxygen atoms in total. The first-order valence-corrected chi connectivity index (χ1v) is 10.3. The lowest BCUT2D eigenvalue weighted by Crippen LogP contribution is -2.46. The molecule has 0 radical (unpaired) electrons. The average molecular weight is 362 g/mol. The van der Waals surface area contributed by atoms with Crippen molar-refractivity contribution in [2.45, 2.75) is 41.7 Å². The molecule has 1 heterocycles. The second-order valence-corrected chi connectivity index (χ2v) is 8.86. The minimum atomic E-state index is 0.286. The number of ether oxygens (including phenoxy) is 1. The SMILES string of the molecule is CN=C(NCC1(Sc2ccccc2)CCCC1)N(C)CC1CCOC1. The molecule has 0 bridgehead atoms. The highest BCUT2D eigenvalue weighted by molar-refractivity contribution is 8.00. The Morgan fingerprint density at radius 3 is 2.72 bits per heavy atom. The van der Waals surface area contributed by atoms with Gasteiger partial charge in [0.15, 0.2) is 5.96 Å². The average Bonchev–Trinajstić information content (AvgIpc) is 3.29. The Hall–Kier alpha value is -1.20. The molecule has 5 heteroatoms. The maximum Gasteiger partial charge on any atom is 0.193 e. The molecular formula is C20H31N3OS. The van der Waals surface area contributed by atoms with Crippen LogP contribution in [0.5, 0.6) is 0 Å². The smallest absolute Gasteiger partial charge is 0.193 e. The van der Waals surface area contributed by atoms with E-state index >= 15 is 0 Å². The third-order valence-corrected chi connectivity index (χ3v) is 6.78. The molecule has 138 valence electrons. The van der Waals surface area contributed by atoms with Gasteiger partial charge in [0.2, 0.25) is 0 Å². The van der Waals surface area contributed by atoms with Crippen molar-refractivity contribution >= 4 is 17.7 Å². The van der Waals surface area contributed by atoms with Crippen molar-refractivity contribution in [3.8, 4) is 0 Å². The highest BCUT2D eigenvalue weighted by Gasteiger charge is 2.35. The van der Waals surface area contributed by atoms with Crippen molar-refractivity contribution in [1.82, 2.24) is 10.2 Å². The number of aliphatic imine (C=N–C) groups is 1. The number of hydrogen-bond acceptors (Lipinski definition) is 3. The van der Waals surface area contributed by atoms with E-state index in [4.69, 9.17) is 4.74 Å². The van der Waals surface area contributed by atoms with Crippen molar-refractivity contribution in [1.29, 1.82) is 0 Å². The molecule has 1 aromatic rings. The molecule has 1 saturated heterocycles. The molecule has 1 saturated carbocycles. The van der Waals surface area contributed by atoms with Gasteiger partial charge < -0.3 is 15.0 Å². The largest absolute Gasteiger partial charge is 0.381 e. The van der Waals surface area contributed by atoms with Crippen LogP contribution in [-0.2, 0) is 4.74 Å². The molecule has 25 heavy (non-hydrogen) atoms. The summed E-state index contributed by atoms with van der Waals surface area (Å²) >= 11 is 2.04. The third-order valence-electron chi connectivity index (χ3n) is 5.29. The summed E-state index contributed by atoms with van der Waals surface area (Å²) in [5.74, 6) is 1.63. The van der Waals surface area contributed by atoms with Crippen molar-refractivity contribution in [2.75, 3.05) is 40.4 Å². The van der Waals surface area contributed by atoms with Gasteiger partial charge >= 0.3 is 0 Å². The van der Waals surface area contributed by atoms with Crippen molar-refractivity contribution < 1.29 is 4.74 Å². The number of hydrogen-bond donors (Lipinski definition) is 1. The first-order valence-electron chi connectivity index (χ1n) is 9.44. The fourth-order valence-electron chi connectivity index (χ4n) is 3.90. The minimum absolute atomic E-state index is 0.286. The van der Waals surface area contributed by atoms with E-state index in [1.807, 2.05) is 18.8 Å². The van der Waals surface area contributed by atoms with E-state index in [9.17, 15) is 0 Å². The van der Waals surface area contributed by atoms with Crippen LogP contribution in [-0.4, -0.2) is 56.0 Å². The first-order chi connectivity index (χ1) is 12.2. The van der Waals surface area contributed by atoms with E-state index in [-0.39, 0.29) is 4.75 Å². The zero-order chi connectivity index (χ0) is 17.5. The summed E-state index contributed by atoms with van der Waals surface area (Å²) < 4.78 is 5.79. The number of rotatable bonds is 6. The molecule has 2 aliphatic rings. The normalized spacial score (nSPS) is 23.0. The number of nitrogens with one attached hydrogen (secondary N) is 1. The van der Waals surface area contributed by atoms with E-state index in [0.29, 0.717) is 5.92 Å². The molecule has 1 unspecified atom stereocenters.